The van der Waals surface area contributed by atoms with Gasteiger partial charge in [-0.1, -0.05) is 42.7 Å². The van der Waals surface area contributed by atoms with E-state index in [9.17, 15) is 0 Å². The lowest BCUT2D eigenvalue weighted by atomic mass is 9.99. The van der Waals surface area contributed by atoms with E-state index in [4.69, 9.17) is 11.6 Å². The van der Waals surface area contributed by atoms with Crippen molar-refractivity contribution in [3.8, 4) is 0 Å². The molecule has 0 atom stereocenters. The summed E-state index contributed by atoms with van der Waals surface area (Å²) in [6, 6.07) is 8.29. The summed E-state index contributed by atoms with van der Waals surface area (Å²) in [6.45, 7) is 2.25. The predicted molar refractivity (Wildman–Crippen MR) is 67.1 cm³/mol. The van der Waals surface area contributed by atoms with E-state index in [1.54, 1.807) is 11.1 Å². The molecule has 0 radical (unpaired) electrons. The summed E-state index contributed by atoms with van der Waals surface area (Å²) in [4.78, 5) is 0. The molecule has 0 saturated heterocycles. The van der Waals surface area contributed by atoms with E-state index < -0.39 is 0 Å². The molecule has 0 heterocycles. The second-order valence-corrected chi connectivity index (χ2v) is 4.63. The standard InChI is InChI=1S/C14H17Cl/c1-2-3-4-14(11-5-6-11)12-7-9-13(15)10-8-12/h7-10H,2-6H2,1H3. The number of halogens is 1. The maximum atomic E-state index is 5.90. The fourth-order valence-electron chi connectivity index (χ4n) is 1.89. The summed E-state index contributed by atoms with van der Waals surface area (Å²) in [5, 5.41) is 0.828. The third-order valence-corrected chi connectivity index (χ3v) is 3.15. The highest BCUT2D eigenvalue weighted by Crippen LogP contribution is 2.39. The van der Waals surface area contributed by atoms with Gasteiger partial charge in [0.05, 0.1) is 0 Å². The Balaban J connectivity index is 2.19. The van der Waals surface area contributed by atoms with Crippen molar-refractivity contribution in [2.45, 2.75) is 39.0 Å². The summed E-state index contributed by atoms with van der Waals surface area (Å²) >= 11 is 5.90. The minimum atomic E-state index is 0.828. The first-order valence-electron chi connectivity index (χ1n) is 5.78. The second kappa shape index (κ2) is 4.85. The van der Waals surface area contributed by atoms with Crippen LogP contribution in [0.25, 0.3) is 5.57 Å². The van der Waals surface area contributed by atoms with Crippen molar-refractivity contribution >= 4 is 17.2 Å². The number of rotatable bonds is 4. The van der Waals surface area contributed by atoms with Crippen molar-refractivity contribution < 1.29 is 0 Å². The molecule has 0 aromatic heterocycles. The van der Waals surface area contributed by atoms with Gasteiger partial charge in [-0.3, -0.25) is 0 Å². The average Bonchev–Trinajstić information content (AvgIpc) is 3.05. The molecule has 0 amide bonds. The molecule has 1 saturated carbocycles. The Morgan fingerprint density at radius 2 is 1.87 bits per heavy atom. The summed E-state index contributed by atoms with van der Waals surface area (Å²) in [6.07, 6.45) is 6.41. The SMILES string of the molecule is CCCCC(=C1CC1)c1ccc(Cl)cc1. The van der Waals surface area contributed by atoms with Crippen molar-refractivity contribution in [2.24, 2.45) is 0 Å². The topological polar surface area (TPSA) is 0 Å². The van der Waals surface area contributed by atoms with Gasteiger partial charge in [-0.15, -0.1) is 0 Å². The summed E-state index contributed by atoms with van der Waals surface area (Å²) in [5.74, 6) is 0. The lowest BCUT2D eigenvalue weighted by Gasteiger charge is -2.07. The first-order valence-corrected chi connectivity index (χ1v) is 6.16. The van der Waals surface area contributed by atoms with Gasteiger partial charge in [0, 0.05) is 5.02 Å². The second-order valence-electron chi connectivity index (χ2n) is 4.19. The zero-order chi connectivity index (χ0) is 10.7. The molecular weight excluding hydrogens is 204 g/mol. The van der Waals surface area contributed by atoms with Crippen molar-refractivity contribution in [1.29, 1.82) is 0 Å². The van der Waals surface area contributed by atoms with E-state index >= 15 is 0 Å². The average molecular weight is 221 g/mol. The maximum Gasteiger partial charge on any atom is 0.0406 e. The Bertz CT molecular complexity index is 353. The van der Waals surface area contributed by atoms with Crippen LogP contribution in [0.4, 0.5) is 0 Å². The van der Waals surface area contributed by atoms with Crippen LogP contribution in [0, 0.1) is 0 Å². The fourth-order valence-corrected chi connectivity index (χ4v) is 2.02. The zero-order valence-corrected chi connectivity index (χ0v) is 9.98. The van der Waals surface area contributed by atoms with E-state index in [-0.39, 0.29) is 0 Å². The highest BCUT2D eigenvalue weighted by Gasteiger charge is 2.18. The Hall–Kier alpha value is -0.750. The quantitative estimate of drug-likeness (QED) is 0.664. The third-order valence-electron chi connectivity index (χ3n) is 2.90. The lowest BCUT2D eigenvalue weighted by Crippen LogP contribution is -1.85. The largest absolute Gasteiger partial charge is 0.0843 e. The molecule has 1 aliphatic rings. The van der Waals surface area contributed by atoms with Crippen LogP contribution >= 0.6 is 11.6 Å². The van der Waals surface area contributed by atoms with Crippen LogP contribution in [0.2, 0.25) is 5.02 Å². The first-order chi connectivity index (χ1) is 7.31. The molecule has 0 nitrogen and oxygen atoms in total. The molecule has 15 heavy (non-hydrogen) atoms. The minimum Gasteiger partial charge on any atom is -0.0843 e. The van der Waals surface area contributed by atoms with Gasteiger partial charge in [0.1, 0.15) is 0 Å². The molecule has 1 aliphatic carbocycles. The first kappa shape index (κ1) is 10.8. The van der Waals surface area contributed by atoms with Gasteiger partial charge in [0.2, 0.25) is 0 Å². The zero-order valence-electron chi connectivity index (χ0n) is 9.22. The van der Waals surface area contributed by atoms with Gasteiger partial charge in [-0.25, -0.2) is 0 Å². The Morgan fingerprint density at radius 3 is 2.40 bits per heavy atom. The predicted octanol–water partition coefficient (Wildman–Crippen LogP) is 5.08. The molecule has 1 fully saturated rings. The highest BCUT2D eigenvalue weighted by atomic mass is 35.5. The van der Waals surface area contributed by atoms with Gasteiger partial charge >= 0.3 is 0 Å². The number of hydrogen-bond donors (Lipinski definition) is 0. The normalized spacial score (nSPS) is 14.1. The molecule has 80 valence electrons. The van der Waals surface area contributed by atoms with Crippen molar-refractivity contribution in [3.63, 3.8) is 0 Å². The highest BCUT2D eigenvalue weighted by molar-refractivity contribution is 6.30. The van der Waals surface area contributed by atoms with Crippen LogP contribution in [0.5, 0.6) is 0 Å². The molecule has 1 aromatic carbocycles. The van der Waals surface area contributed by atoms with Crippen molar-refractivity contribution in [2.75, 3.05) is 0 Å². The molecule has 1 aromatic rings. The molecule has 2 rings (SSSR count). The Morgan fingerprint density at radius 1 is 1.20 bits per heavy atom. The van der Waals surface area contributed by atoms with Crippen molar-refractivity contribution in [3.05, 3.63) is 40.4 Å². The van der Waals surface area contributed by atoms with E-state index in [0.29, 0.717) is 0 Å². The summed E-state index contributed by atoms with van der Waals surface area (Å²) < 4.78 is 0. The molecule has 0 N–H and O–H groups in total. The smallest absolute Gasteiger partial charge is 0.0406 e. The van der Waals surface area contributed by atoms with Crippen LogP contribution in [-0.4, -0.2) is 0 Å². The van der Waals surface area contributed by atoms with Crippen LogP contribution in [0.1, 0.15) is 44.6 Å². The van der Waals surface area contributed by atoms with Gasteiger partial charge < -0.3 is 0 Å². The summed E-state index contributed by atoms with van der Waals surface area (Å²) in [5.41, 5.74) is 4.61. The van der Waals surface area contributed by atoms with Crippen LogP contribution < -0.4 is 0 Å². The van der Waals surface area contributed by atoms with Gasteiger partial charge in [0.15, 0.2) is 0 Å². The van der Waals surface area contributed by atoms with Crippen LogP contribution in [-0.2, 0) is 0 Å². The maximum absolute atomic E-state index is 5.90. The summed E-state index contributed by atoms with van der Waals surface area (Å²) in [7, 11) is 0. The molecule has 0 aliphatic heterocycles. The molecule has 1 heteroatoms. The van der Waals surface area contributed by atoms with Crippen molar-refractivity contribution in [1.82, 2.24) is 0 Å². The van der Waals surface area contributed by atoms with Gasteiger partial charge in [-0.2, -0.15) is 0 Å². The third kappa shape index (κ3) is 2.85. The van der Waals surface area contributed by atoms with E-state index in [2.05, 4.69) is 19.1 Å². The monoisotopic (exact) mass is 220 g/mol. The lowest BCUT2D eigenvalue weighted by molar-refractivity contribution is 0.823. The number of unbranched alkanes of at least 4 members (excludes halogenated alkanes) is 1. The number of allylic oxidation sites excluding steroid dienone is 2. The minimum absolute atomic E-state index is 0.828. The van der Waals surface area contributed by atoms with Gasteiger partial charge in [-0.05, 0) is 49.0 Å². The van der Waals surface area contributed by atoms with E-state index in [1.807, 2.05) is 12.1 Å². The van der Waals surface area contributed by atoms with E-state index in [0.717, 1.165) is 5.02 Å². The molecule has 0 bridgehead atoms. The van der Waals surface area contributed by atoms with Crippen LogP contribution in [0.15, 0.2) is 29.8 Å². The fraction of sp³-hybridized carbons (Fsp3) is 0.429. The number of hydrogen-bond acceptors (Lipinski definition) is 0. The number of benzene rings is 1. The van der Waals surface area contributed by atoms with E-state index in [1.165, 1.54) is 37.7 Å². The molecule has 0 spiro atoms. The molecule has 0 unspecified atom stereocenters. The van der Waals surface area contributed by atoms with Crippen LogP contribution in [0.3, 0.4) is 0 Å². The molecular formula is C14H17Cl. The Labute approximate surface area is 97.0 Å². The van der Waals surface area contributed by atoms with Gasteiger partial charge in [0.25, 0.3) is 0 Å². The Kier molecular flexibility index (Phi) is 3.48.